The molecule has 156 valence electrons. The quantitative estimate of drug-likeness (QED) is 0.429. The second kappa shape index (κ2) is 9.75. The van der Waals surface area contributed by atoms with Gasteiger partial charge in [-0.1, -0.05) is 0 Å². The van der Waals surface area contributed by atoms with E-state index in [0.29, 0.717) is 28.1 Å². The maximum absolute atomic E-state index is 12.1. The van der Waals surface area contributed by atoms with Crippen LogP contribution in [0.4, 0.5) is 5.13 Å². The molecule has 3 rings (SSSR count). The van der Waals surface area contributed by atoms with E-state index >= 15 is 0 Å². The van der Waals surface area contributed by atoms with Gasteiger partial charge in [0, 0.05) is 17.0 Å². The number of methoxy groups -OCH3 is 2. The number of aromatic nitrogens is 1. The molecule has 30 heavy (non-hydrogen) atoms. The highest BCUT2D eigenvalue weighted by Gasteiger charge is 2.13. The molecule has 0 aliphatic rings. The molecule has 3 aromatic rings. The lowest BCUT2D eigenvalue weighted by Crippen LogP contribution is -2.20. The average molecular weight is 428 g/mol. The molecule has 0 fully saturated rings. The molecule has 0 spiro atoms. The van der Waals surface area contributed by atoms with Crippen molar-refractivity contribution in [3.05, 3.63) is 53.3 Å². The van der Waals surface area contributed by atoms with Gasteiger partial charge in [0.05, 0.1) is 19.9 Å². The van der Waals surface area contributed by atoms with Crippen molar-refractivity contribution in [3.8, 4) is 22.8 Å². The molecule has 9 heteroatoms. The van der Waals surface area contributed by atoms with Crippen LogP contribution in [-0.2, 0) is 14.3 Å². The number of anilines is 1. The molecule has 1 amide bonds. The van der Waals surface area contributed by atoms with Crippen LogP contribution in [0.3, 0.4) is 0 Å². The minimum atomic E-state index is -0.653. The number of ether oxygens (including phenoxy) is 3. The largest absolute Gasteiger partial charge is 0.497 e. The predicted molar refractivity (Wildman–Crippen MR) is 113 cm³/mol. The van der Waals surface area contributed by atoms with Gasteiger partial charge in [0.15, 0.2) is 11.7 Å². The fourth-order valence-corrected chi connectivity index (χ4v) is 3.23. The van der Waals surface area contributed by atoms with Gasteiger partial charge in [-0.15, -0.1) is 11.3 Å². The van der Waals surface area contributed by atoms with Gasteiger partial charge in [-0.25, -0.2) is 9.78 Å². The molecule has 2 heterocycles. The standard InChI is InChI=1S/C21H20N2O6S/c1-13-4-5-14(29-13)7-9-20(25)28-11-19(24)23-21-22-17(12-30-21)16-10-15(26-2)6-8-18(16)27-3/h4-10,12H,11H2,1-3H3,(H,22,23,24)/b9-7+. The molecule has 0 unspecified atom stereocenters. The number of furan rings is 1. The second-order valence-corrected chi connectivity index (χ2v) is 6.90. The van der Waals surface area contributed by atoms with E-state index in [1.165, 1.54) is 23.5 Å². The first kappa shape index (κ1) is 21.1. The summed E-state index contributed by atoms with van der Waals surface area (Å²) < 4.78 is 20.8. The molecule has 0 aliphatic heterocycles. The zero-order valence-electron chi connectivity index (χ0n) is 16.6. The number of aryl methyl sites for hydroxylation is 1. The van der Waals surface area contributed by atoms with Gasteiger partial charge in [0.1, 0.15) is 23.0 Å². The minimum absolute atomic E-state index is 0.373. The lowest BCUT2D eigenvalue weighted by molar-refractivity contribution is -0.142. The van der Waals surface area contributed by atoms with E-state index in [1.807, 2.05) is 0 Å². The van der Waals surface area contributed by atoms with Crippen LogP contribution in [0.15, 0.2) is 46.2 Å². The highest BCUT2D eigenvalue weighted by atomic mass is 32.1. The first-order chi connectivity index (χ1) is 14.5. The average Bonchev–Trinajstić information content (AvgIpc) is 3.39. The molecule has 2 aromatic heterocycles. The number of nitrogens with one attached hydrogen (secondary N) is 1. The van der Waals surface area contributed by atoms with Crippen LogP contribution in [0.1, 0.15) is 11.5 Å². The number of hydrogen-bond donors (Lipinski definition) is 1. The molecule has 1 N–H and O–H groups in total. The summed E-state index contributed by atoms with van der Waals surface area (Å²) in [4.78, 5) is 28.2. The number of benzene rings is 1. The number of hydrogen-bond acceptors (Lipinski definition) is 8. The van der Waals surface area contributed by atoms with E-state index in [-0.39, 0.29) is 0 Å². The van der Waals surface area contributed by atoms with E-state index < -0.39 is 18.5 Å². The molecular weight excluding hydrogens is 408 g/mol. The Kier molecular flexibility index (Phi) is 6.87. The third-order valence-corrected chi connectivity index (χ3v) is 4.68. The summed E-state index contributed by atoms with van der Waals surface area (Å²) in [5, 5.41) is 4.76. The van der Waals surface area contributed by atoms with Crippen molar-refractivity contribution in [2.24, 2.45) is 0 Å². The van der Waals surface area contributed by atoms with Gasteiger partial charge < -0.3 is 18.6 Å². The van der Waals surface area contributed by atoms with Crippen molar-refractivity contribution in [2.75, 3.05) is 26.1 Å². The van der Waals surface area contributed by atoms with E-state index in [1.54, 1.807) is 56.9 Å². The smallest absolute Gasteiger partial charge is 0.331 e. The Morgan fingerprint density at radius 1 is 1.20 bits per heavy atom. The molecule has 0 atom stereocenters. The number of nitrogens with zero attached hydrogens (tertiary/aromatic N) is 1. The summed E-state index contributed by atoms with van der Waals surface area (Å²) in [7, 11) is 3.14. The highest BCUT2D eigenvalue weighted by molar-refractivity contribution is 7.14. The zero-order chi connectivity index (χ0) is 21.5. The van der Waals surface area contributed by atoms with Crippen molar-refractivity contribution in [2.45, 2.75) is 6.92 Å². The lowest BCUT2D eigenvalue weighted by atomic mass is 10.1. The van der Waals surface area contributed by atoms with Gasteiger partial charge in [0.25, 0.3) is 5.91 Å². The molecule has 0 aliphatic carbocycles. The molecule has 0 saturated carbocycles. The van der Waals surface area contributed by atoms with E-state index in [4.69, 9.17) is 18.6 Å². The van der Waals surface area contributed by atoms with Crippen LogP contribution in [0.25, 0.3) is 17.3 Å². The number of carbonyl (C=O) groups is 2. The zero-order valence-corrected chi connectivity index (χ0v) is 17.4. The van der Waals surface area contributed by atoms with Crippen LogP contribution in [0, 0.1) is 6.92 Å². The fourth-order valence-electron chi connectivity index (χ4n) is 2.50. The second-order valence-electron chi connectivity index (χ2n) is 6.04. The fraction of sp³-hybridized carbons (Fsp3) is 0.190. The lowest BCUT2D eigenvalue weighted by Gasteiger charge is -2.08. The van der Waals surface area contributed by atoms with Crippen LogP contribution >= 0.6 is 11.3 Å². The van der Waals surface area contributed by atoms with Crippen LogP contribution in [0.5, 0.6) is 11.5 Å². The summed E-state index contributed by atoms with van der Waals surface area (Å²) in [5.74, 6) is 1.40. The van der Waals surface area contributed by atoms with E-state index in [2.05, 4.69) is 10.3 Å². The van der Waals surface area contributed by atoms with Gasteiger partial charge in [-0.2, -0.15) is 0 Å². The molecule has 0 bridgehead atoms. The first-order valence-electron chi connectivity index (χ1n) is 8.87. The van der Waals surface area contributed by atoms with Gasteiger partial charge in [-0.05, 0) is 43.3 Å². The number of esters is 1. The minimum Gasteiger partial charge on any atom is -0.497 e. The van der Waals surface area contributed by atoms with Crippen molar-refractivity contribution in [1.29, 1.82) is 0 Å². The van der Waals surface area contributed by atoms with Crippen molar-refractivity contribution in [3.63, 3.8) is 0 Å². The maximum atomic E-state index is 12.1. The van der Waals surface area contributed by atoms with Crippen LogP contribution < -0.4 is 14.8 Å². The highest BCUT2D eigenvalue weighted by Crippen LogP contribution is 2.34. The number of amides is 1. The van der Waals surface area contributed by atoms with E-state index in [0.717, 1.165) is 11.3 Å². The van der Waals surface area contributed by atoms with E-state index in [9.17, 15) is 9.59 Å². The number of carbonyl (C=O) groups excluding carboxylic acids is 2. The normalized spacial score (nSPS) is 10.8. The summed E-state index contributed by atoms with van der Waals surface area (Å²) in [6.07, 6.45) is 2.67. The van der Waals surface area contributed by atoms with Crippen LogP contribution in [-0.4, -0.2) is 37.7 Å². The molecule has 0 saturated heterocycles. The Hall–Kier alpha value is -3.59. The van der Waals surface area contributed by atoms with Crippen molar-refractivity contribution >= 4 is 34.4 Å². The molecule has 1 aromatic carbocycles. The van der Waals surface area contributed by atoms with Crippen LogP contribution in [0.2, 0.25) is 0 Å². The Bertz CT molecular complexity index is 1070. The van der Waals surface area contributed by atoms with Gasteiger partial charge in [-0.3, -0.25) is 10.1 Å². The number of rotatable bonds is 8. The number of thiazole rings is 1. The van der Waals surface area contributed by atoms with Crippen molar-refractivity contribution in [1.82, 2.24) is 4.98 Å². The summed E-state index contributed by atoms with van der Waals surface area (Å²) >= 11 is 1.24. The molecular formula is C21H20N2O6S. The Morgan fingerprint density at radius 2 is 2.03 bits per heavy atom. The van der Waals surface area contributed by atoms with Gasteiger partial charge >= 0.3 is 5.97 Å². The predicted octanol–water partition coefficient (Wildman–Crippen LogP) is 3.92. The molecule has 8 nitrogen and oxygen atoms in total. The SMILES string of the molecule is COc1ccc(OC)c(-c2csc(NC(=O)COC(=O)/C=C/c3ccc(C)o3)n2)c1. The summed E-state index contributed by atoms with van der Waals surface area (Å²) in [6.45, 7) is 1.37. The summed E-state index contributed by atoms with van der Waals surface area (Å²) in [6, 6.07) is 8.87. The van der Waals surface area contributed by atoms with Crippen molar-refractivity contribution < 1.29 is 28.2 Å². The first-order valence-corrected chi connectivity index (χ1v) is 9.75. The Balaban J connectivity index is 1.56. The summed E-state index contributed by atoms with van der Waals surface area (Å²) in [5.41, 5.74) is 1.36. The molecule has 0 radical (unpaired) electrons. The van der Waals surface area contributed by atoms with Gasteiger partial charge in [0.2, 0.25) is 0 Å². The Labute approximate surface area is 177 Å². The monoisotopic (exact) mass is 428 g/mol. The third-order valence-electron chi connectivity index (χ3n) is 3.92. The topological polar surface area (TPSA) is 99.9 Å². The Morgan fingerprint density at radius 3 is 2.73 bits per heavy atom. The maximum Gasteiger partial charge on any atom is 0.331 e. The third kappa shape index (κ3) is 5.48.